The number of H-pyrrole nitrogens is 1. The molecule has 0 fully saturated rings. The minimum Gasteiger partial charge on any atom is -0.497 e. The monoisotopic (exact) mass is 344 g/mol. The summed E-state index contributed by atoms with van der Waals surface area (Å²) in [6.07, 6.45) is 1.68. The van der Waals surface area contributed by atoms with E-state index < -0.39 is 0 Å². The zero-order chi connectivity index (χ0) is 16.9. The third-order valence-electron chi connectivity index (χ3n) is 3.60. The van der Waals surface area contributed by atoms with E-state index in [1.165, 1.54) is 0 Å². The zero-order valence-corrected chi connectivity index (χ0v) is 13.9. The van der Waals surface area contributed by atoms with Crippen molar-refractivity contribution >= 4 is 28.4 Å². The van der Waals surface area contributed by atoms with E-state index in [4.69, 9.17) is 21.1 Å². The van der Waals surface area contributed by atoms with Crippen molar-refractivity contribution in [1.29, 1.82) is 0 Å². The maximum atomic E-state index is 12.3. The smallest absolute Gasteiger partial charge is 0.253 e. The molecule has 5 nitrogen and oxygen atoms in total. The number of methoxy groups -OCH3 is 1. The highest BCUT2D eigenvalue weighted by molar-refractivity contribution is 6.31. The van der Waals surface area contributed by atoms with Gasteiger partial charge in [0.2, 0.25) is 0 Å². The summed E-state index contributed by atoms with van der Waals surface area (Å²) in [7, 11) is 1.62. The van der Waals surface area contributed by atoms with E-state index in [0.717, 1.165) is 22.4 Å². The molecule has 0 bridgehead atoms. The van der Waals surface area contributed by atoms with E-state index in [9.17, 15) is 4.79 Å². The lowest BCUT2D eigenvalue weighted by molar-refractivity contribution is 0.0948. The van der Waals surface area contributed by atoms with E-state index in [-0.39, 0.29) is 5.91 Å². The first kappa shape index (κ1) is 16.2. The van der Waals surface area contributed by atoms with Crippen molar-refractivity contribution in [3.63, 3.8) is 0 Å². The van der Waals surface area contributed by atoms with Gasteiger partial charge in [0, 0.05) is 22.1 Å². The number of fused-ring (bicyclic) bond motifs is 1. The number of aromatic amines is 1. The number of aromatic nitrogens is 1. The number of nitrogens with one attached hydrogen (secondary N) is 2. The van der Waals surface area contributed by atoms with Crippen LogP contribution < -0.4 is 14.8 Å². The van der Waals surface area contributed by atoms with Gasteiger partial charge in [0.25, 0.3) is 5.91 Å². The Morgan fingerprint density at radius 1 is 1.17 bits per heavy atom. The van der Waals surface area contributed by atoms with Crippen LogP contribution >= 0.6 is 11.6 Å². The minimum absolute atomic E-state index is 0.151. The summed E-state index contributed by atoms with van der Waals surface area (Å²) in [5.74, 6) is 1.35. The number of halogens is 1. The van der Waals surface area contributed by atoms with Gasteiger partial charge in [0.1, 0.15) is 18.1 Å². The lowest BCUT2D eigenvalue weighted by Crippen LogP contribution is -2.27. The third-order valence-corrected chi connectivity index (χ3v) is 3.84. The van der Waals surface area contributed by atoms with Crippen molar-refractivity contribution in [2.45, 2.75) is 0 Å². The number of carbonyl (C=O) groups is 1. The van der Waals surface area contributed by atoms with Crippen LogP contribution in [0.1, 0.15) is 10.4 Å². The summed E-state index contributed by atoms with van der Waals surface area (Å²) < 4.78 is 10.7. The molecule has 124 valence electrons. The molecular formula is C18H17ClN2O3. The fourth-order valence-corrected chi connectivity index (χ4v) is 2.56. The van der Waals surface area contributed by atoms with Gasteiger partial charge < -0.3 is 19.8 Å². The van der Waals surface area contributed by atoms with Gasteiger partial charge in [-0.25, -0.2) is 0 Å². The Morgan fingerprint density at radius 2 is 1.92 bits per heavy atom. The van der Waals surface area contributed by atoms with Crippen LogP contribution in [-0.2, 0) is 0 Å². The van der Waals surface area contributed by atoms with Gasteiger partial charge in [0.15, 0.2) is 0 Å². The van der Waals surface area contributed by atoms with E-state index >= 15 is 0 Å². The molecule has 0 aliphatic rings. The Balaban J connectivity index is 1.53. The SMILES string of the molecule is COc1ccc(OCCNC(=O)c2c[nH]c3cc(Cl)ccc23)cc1. The zero-order valence-electron chi connectivity index (χ0n) is 13.1. The molecule has 1 heterocycles. The largest absolute Gasteiger partial charge is 0.497 e. The first-order chi connectivity index (χ1) is 11.7. The predicted molar refractivity (Wildman–Crippen MR) is 94.1 cm³/mol. The molecule has 6 heteroatoms. The van der Waals surface area contributed by atoms with Gasteiger partial charge in [-0.15, -0.1) is 0 Å². The maximum Gasteiger partial charge on any atom is 0.253 e. The number of hydrogen-bond acceptors (Lipinski definition) is 3. The molecule has 1 aromatic heterocycles. The molecule has 0 aliphatic heterocycles. The molecule has 0 radical (unpaired) electrons. The molecular weight excluding hydrogens is 328 g/mol. The van der Waals surface area contributed by atoms with Crippen molar-refractivity contribution < 1.29 is 14.3 Å². The van der Waals surface area contributed by atoms with Crippen LogP contribution in [0.15, 0.2) is 48.7 Å². The van der Waals surface area contributed by atoms with E-state index in [1.54, 1.807) is 25.4 Å². The van der Waals surface area contributed by atoms with Gasteiger partial charge in [0.05, 0.1) is 19.2 Å². The molecule has 2 aromatic carbocycles. The highest BCUT2D eigenvalue weighted by atomic mass is 35.5. The average molecular weight is 345 g/mol. The minimum atomic E-state index is -0.151. The van der Waals surface area contributed by atoms with Gasteiger partial charge in [-0.3, -0.25) is 4.79 Å². The van der Waals surface area contributed by atoms with Gasteiger partial charge in [-0.1, -0.05) is 17.7 Å². The Morgan fingerprint density at radius 3 is 2.67 bits per heavy atom. The fraction of sp³-hybridized carbons (Fsp3) is 0.167. The number of benzene rings is 2. The quantitative estimate of drug-likeness (QED) is 0.671. The van der Waals surface area contributed by atoms with E-state index in [2.05, 4.69) is 10.3 Å². The number of hydrogen-bond donors (Lipinski definition) is 2. The molecule has 0 unspecified atom stereocenters. The van der Waals surface area contributed by atoms with Gasteiger partial charge in [-0.2, -0.15) is 0 Å². The molecule has 0 spiro atoms. The van der Waals surface area contributed by atoms with Gasteiger partial charge >= 0.3 is 0 Å². The molecule has 3 aromatic rings. The van der Waals surface area contributed by atoms with Gasteiger partial charge in [-0.05, 0) is 36.4 Å². The molecule has 0 atom stereocenters. The highest BCUT2D eigenvalue weighted by Gasteiger charge is 2.11. The van der Waals surface area contributed by atoms with Crippen LogP contribution in [0.4, 0.5) is 0 Å². The van der Waals surface area contributed by atoms with Crippen LogP contribution in [-0.4, -0.2) is 31.2 Å². The normalized spacial score (nSPS) is 10.6. The molecule has 24 heavy (non-hydrogen) atoms. The third kappa shape index (κ3) is 3.63. The molecule has 3 rings (SSSR count). The lowest BCUT2D eigenvalue weighted by atomic mass is 10.1. The topological polar surface area (TPSA) is 63.4 Å². The summed E-state index contributed by atoms with van der Waals surface area (Å²) >= 11 is 5.94. The summed E-state index contributed by atoms with van der Waals surface area (Å²) in [5, 5.41) is 4.31. The second-order valence-corrected chi connectivity index (χ2v) is 5.61. The molecule has 1 amide bonds. The molecule has 0 saturated heterocycles. The maximum absolute atomic E-state index is 12.3. The second kappa shape index (κ2) is 7.27. The number of ether oxygens (including phenoxy) is 2. The van der Waals surface area contributed by atoms with Crippen LogP contribution in [0.3, 0.4) is 0 Å². The average Bonchev–Trinajstić information content (AvgIpc) is 3.02. The van der Waals surface area contributed by atoms with E-state index in [1.807, 2.05) is 30.3 Å². The predicted octanol–water partition coefficient (Wildman–Crippen LogP) is 3.64. The molecule has 2 N–H and O–H groups in total. The van der Waals surface area contributed by atoms with Crippen molar-refractivity contribution in [2.24, 2.45) is 0 Å². The van der Waals surface area contributed by atoms with Crippen molar-refractivity contribution in [3.05, 3.63) is 59.2 Å². The summed E-state index contributed by atoms with van der Waals surface area (Å²) in [4.78, 5) is 15.3. The van der Waals surface area contributed by atoms with Crippen molar-refractivity contribution in [3.8, 4) is 11.5 Å². The Kier molecular flexibility index (Phi) is 4.91. The standard InChI is InChI=1S/C18H17ClN2O3/c1-23-13-3-5-14(6-4-13)24-9-8-20-18(22)16-11-21-17-10-12(19)2-7-15(16)17/h2-7,10-11,21H,8-9H2,1H3,(H,20,22). The molecule has 0 aliphatic carbocycles. The Labute approximate surface area is 144 Å². The molecule has 0 saturated carbocycles. The first-order valence-corrected chi connectivity index (χ1v) is 7.87. The van der Waals surface area contributed by atoms with Crippen LogP contribution in [0.25, 0.3) is 10.9 Å². The Bertz CT molecular complexity index is 843. The Hall–Kier alpha value is -2.66. The first-order valence-electron chi connectivity index (χ1n) is 7.49. The van der Waals surface area contributed by atoms with Crippen molar-refractivity contribution in [2.75, 3.05) is 20.3 Å². The number of carbonyl (C=O) groups excluding carboxylic acids is 1. The van der Waals surface area contributed by atoms with Crippen LogP contribution in [0, 0.1) is 0 Å². The fourth-order valence-electron chi connectivity index (χ4n) is 2.39. The second-order valence-electron chi connectivity index (χ2n) is 5.17. The van der Waals surface area contributed by atoms with E-state index in [0.29, 0.717) is 23.7 Å². The number of rotatable bonds is 6. The van der Waals surface area contributed by atoms with Crippen LogP contribution in [0.5, 0.6) is 11.5 Å². The highest BCUT2D eigenvalue weighted by Crippen LogP contribution is 2.22. The van der Waals surface area contributed by atoms with Crippen molar-refractivity contribution in [1.82, 2.24) is 10.3 Å². The summed E-state index contributed by atoms with van der Waals surface area (Å²) in [6, 6.07) is 12.7. The van der Waals surface area contributed by atoms with Crippen LogP contribution in [0.2, 0.25) is 5.02 Å². The lowest BCUT2D eigenvalue weighted by Gasteiger charge is -2.08. The number of amides is 1. The summed E-state index contributed by atoms with van der Waals surface area (Å²) in [6.45, 7) is 0.789. The summed E-state index contributed by atoms with van der Waals surface area (Å²) in [5.41, 5.74) is 1.42.